The zero-order chi connectivity index (χ0) is 22.3. The van der Waals surface area contributed by atoms with E-state index in [1.807, 2.05) is 32.9 Å². The van der Waals surface area contributed by atoms with E-state index < -0.39 is 17.8 Å². The number of nitrogens with one attached hydrogen (secondary N) is 1. The summed E-state index contributed by atoms with van der Waals surface area (Å²) in [7, 11) is 1.66. The summed E-state index contributed by atoms with van der Waals surface area (Å²) < 4.78 is 11.0. The van der Waals surface area contributed by atoms with Crippen LogP contribution < -0.4 is 10.1 Å². The van der Waals surface area contributed by atoms with Crippen molar-refractivity contribution in [3.05, 3.63) is 59.7 Å². The van der Waals surface area contributed by atoms with Gasteiger partial charge in [-0.05, 0) is 69.7 Å². The summed E-state index contributed by atoms with van der Waals surface area (Å²) in [5.74, 6) is 0.196. The highest BCUT2D eigenvalue weighted by Gasteiger charge is 2.20. The van der Waals surface area contributed by atoms with Crippen LogP contribution in [0.5, 0.6) is 5.75 Å². The lowest BCUT2D eigenvalue weighted by Gasteiger charge is -2.24. The molecule has 0 aliphatic carbocycles. The number of amides is 2. The summed E-state index contributed by atoms with van der Waals surface area (Å²) in [5, 5.41) is 11.7. The fourth-order valence-electron chi connectivity index (χ4n) is 2.54. The molecule has 0 aliphatic rings. The van der Waals surface area contributed by atoms with Crippen molar-refractivity contribution in [1.82, 2.24) is 4.90 Å². The molecule has 1 N–H and O–H groups in total. The number of hydrogen-bond donors (Lipinski definition) is 1. The van der Waals surface area contributed by atoms with E-state index in [1.54, 1.807) is 56.4 Å². The maximum atomic E-state index is 12.5. The zero-order valence-corrected chi connectivity index (χ0v) is 17.9. The van der Waals surface area contributed by atoms with Crippen LogP contribution in [0.3, 0.4) is 0 Å². The van der Waals surface area contributed by atoms with E-state index in [1.165, 1.54) is 4.90 Å². The molecule has 2 amide bonds. The number of rotatable bonds is 6. The molecular weight excluding hydrogens is 382 g/mol. The van der Waals surface area contributed by atoms with Crippen molar-refractivity contribution in [2.45, 2.75) is 45.9 Å². The van der Waals surface area contributed by atoms with Gasteiger partial charge in [0, 0.05) is 19.3 Å². The average molecular weight is 409 g/mol. The molecular formula is C23H27N3O4. The van der Waals surface area contributed by atoms with Gasteiger partial charge in [-0.15, -0.1) is 0 Å². The van der Waals surface area contributed by atoms with Crippen LogP contribution in [0.15, 0.2) is 48.5 Å². The lowest BCUT2D eigenvalue weighted by molar-refractivity contribution is -0.122. The molecule has 0 aromatic heterocycles. The van der Waals surface area contributed by atoms with Gasteiger partial charge < -0.3 is 19.7 Å². The minimum absolute atomic E-state index is 0.308. The molecule has 1 unspecified atom stereocenters. The highest BCUT2D eigenvalue weighted by molar-refractivity contribution is 5.94. The van der Waals surface area contributed by atoms with Gasteiger partial charge >= 0.3 is 6.09 Å². The number of nitriles is 1. The molecule has 2 aromatic rings. The number of hydrogen-bond acceptors (Lipinski definition) is 5. The summed E-state index contributed by atoms with van der Waals surface area (Å²) in [5.41, 5.74) is 1.41. The van der Waals surface area contributed by atoms with Crippen molar-refractivity contribution in [3.63, 3.8) is 0 Å². The van der Waals surface area contributed by atoms with E-state index in [-0.39, 0.29) is 5.91 Å². The zero-order valence-electron chi connectivity index (χ0n) is 17.9. The van der Waals surface area contributed by atoms with Crippen LogP contribution in [0.1, 0.15) is 38.8 Å². The van der Waals surface area contributed by atoms with Crippen LogP contribution in [-0.2, 0) is 16.1 Å². The first-order valence-electron chi connectivity index (χ1n) is 9.58. The Kier molecular flexibility index (Phi) is 7.43. The van der Waals surface area contributed by atoms with Crippen molar-refractivity contribution in [1.29, 1.82) is 5.26 Å². The van der Waals surface area contributed by atoms with Crippen LogP contribution in [0.4, 0.5) is 10.5 Å². The van der Waals surface area contributed by atoms with E-state index in [0.29, 0.717) is 23.5 Å². The maximum Gasteiger partial charge on any atom is 0.410 e. The van der Waals surface area contributed by atoms with Crippen LogP contribution in [0.2, 0.25) is 0 Å². The third kappa shape index (κ3) is 7.13. The van der Waals surface area contributed by atoms with Crippen molar-refractivity contribution in [2.24, 2.45) is 0 Å². The second kappa shape index (κ2) is 9.79. The van der Waals surface area contributed by atoms with Gasteiger partial charge in [0.25, 0.3) is 5.91 Å². The number of nitrogens with zero attached hydrogens (tertiary/aromatic N) is 2. The first kappa shape index (κ1) is 22.8. The lowest BCUT2D eigenvalue weighted by Crippen LogP contribution is -2.33. The maximum absolute atomic E-state index is 12.5. The number of ether oxygens (including phenoxy) is 2. The molecule has 30 heavy (non-hydrogen) atoms. The van der Waals surface area contributed by atoms with E-state index in [9.17, 15) is 9.59 Å². The Balaban J connectivity index is 1.95. The van der Waals surface area contributed by atoms with Crippen molar-refractivity contribution in [2.75, 3.05) is 12.4 Å². The van der Waals surface area contributed by atoms with Crippen molar-refractivity contribution in [3.8, 4) is 11.8 Å². The largest absolute Gasteiger partial charge is 0.481 e. The summed E-state index contributed by atoms with van der Waals surface area (Å²) in [6.07, 6.45) is -1.15. The molecule has 1 atom stereocenters. The number of carbonyl (C=O) groups is 2. The molecule has 0 saturated carbocycles. The van der Waals surface area contributed by atoms with Crippen LogP contribution >= 0.6 is 0 Å². The number of anilines is 1. The van der Waals surface area contributed by atoms with Gasteiger partial charge in [-0.1, -0.05) is 12.1 Å². The second-order valence-corrected chi connectivity index (χ2v) is 7.92. The van der Waals surface area contributed by atoms with E-state index >= 15 is 0 Å². The second-order valence-electron chi connectivity index (χ2n) is 7.92. The van der Waals surface area contributed by atoms with E-state index in [4.69, 9.17) is 14.7 Å². The van der Waals surface area contributed by atoms with E-state index in [2.05, 4.69) is 5.32 Å². The molecule has 7 nitrogen and oxygen atoms in total. The SMILES string of the molecule is CC(Oc1ccc(C#N)cc1)C(=O)Nc1cccc(CN(C)C(=O)OC(C)(C)C)c1. The summed E-state index contributed by atoms with van der Waals surface area (Å²) >= 11 is 0. The van der Waals surface area contributed by atoms with E-state index in [0.717, 1.165) is 5.56 Å². The quantitative estimate of drug-likeness (QED) is 0.767. The molecule has 2 aromatic carbocycles. The fraction of sp³-hybridized carbons (Fsp3) is 0.348. The minimum atomic E-state index is -0.731. The number of benzene rings is 2. The minimum Gasteiger partial charge on any atom is -0.481 e. The first-order valence-corrected chi connectivity index (χ1v) is 9.58. The Morgan fingerprint density at radius 2 is 1.83 bits per heavy atom. The molecule has 7 heteroatoms. The summed E-state index contributed by atoms with van der Waals surface area (Å²) in [4.78, 5) is 26.1. The van der Waals surface area contributed by atoms with Crippen molar-refractivity contribution >= 4 is 17.7 Å². The van der Waals surface area contributed by atoms with Crippen molar-refractivity contribution < 1.29 is 19.1 Å². The van der Waals surface area contributed by atoms with Gasteiger partial charge in [-0.3, -0.25) is 4.79 Å². The standard InChI is InChI=1S/C23H27N3O4/c1-16(29-20-11-9-17(14-24)10-12-20)21(27)25-19-8-6-7-18(13-19)15-26(5)22(28)30-23(2,3)4/h6-13,16H,15H2,1-5H3,(H,25,27). The number of carbonyl (C=O) groups excluding carboxylic acids is 2. The van der Waals surface area contributed by atoms with Gasteiger partial charge in [0.15, 0.2) is 6.10 Å². The van der Waals surface area contributed by atoms with Crippen LogP contribution in [0, 0.1) is 11.3 Å². The Hall–Kier alpha value is -3.53. The van der Waals surface area contributed by atoms with Gasteiger partial charge in [-0.25, -0.2) is 4.79 Å². The van der Waals surface area contributed by atoms with Crippen LogP contribution in [0.25, 0.3) is 0 Å². The van der Waals surface area contributed by atoms with Crippen LogP contribution in [-0.4, -0.2) is 35.7 Å². The topological polar surface area (TPSA) is 91.7 Å². The van der Waals surface area contributed by atoms with Gasteiger partial charge in [0.2, 0.25) is 0 Å². The first-order chi connectivity index (χ1) is 14.1. The molecule has 0 radical (unpaired) electrons. The molecule has 0 aliphatic heterocycles. The monoisotopic (exact) mass is 409 g/mol. The van der Waals surface area contributed by atoms with Gasteiger partial charge in [0.1, 0.15) is 11.4 Å². The Morgan fingerprint density at radius 1 is 1.17 bits per heavy atom. The molecule has 0 saturated heterocycles. The molecule has 0 bridgehead atoms. The molecule has 2 rings (SSSR count). The van der Waals surface area contributed by atoms with Gasteiger partial charge in [-0.2, -0.15) is 5.26 Å². The summed E-state index contributed by atoms with van der Waals surface area (Å²) in [6, 6.07) is 15.8. The molecule has 0 fully saturated rings. The smallest absolute Gasteiger partial charge is 0.410 e. The molecule has 158 valence electrons. The Labute approximate surface area is 177 Å². The molecule has 0 spiro atoms. The average Bonchev–Trinajstić information content (AvgIpc) is 2.67. The third-order valence-electron chi connectivity index (χ3n) is 3.98. The highest BCUT2D eigenvalue weighted by Crippen LogP contribution is 2.17. The summed E-state index contributed by atoms with van der Waals surface area (Å²) in [6.45, 7) is 7.44. The lowest BCUT2D eigenvalue weighted by atomic mass is 10.2. The fourth-order valence-corrected chi connectivity index (χ4v) is 2.54. The van der Waals surface area contributed by atoms with Gasteiger partial charge in [0.05, 0.1) is 11.6 Å². The Morgan fingerprint density at radius 3 is 2.43 bits per heavy atom. The predicted molar refractivity (Wildman–Crippen MR) is 114 cm³/mol. The third-order valence-corrected chi connectivity index (χ3v) is 3.98. The predicted octanol–water partition coefficient (Wildman–Crippen LogP) is 4.33. The Bertz CT molecular complexity index is 927. The molecule has 0 heterocycles. The normalized spacial score (nSPS) is 11.7. The highest BCUT2D eigenvalue weighted by atomic mass is 16.6.